The SMILES string of the molecule is Cc1ccc([N+](=O)[O-])cc1-c1nc(Cl)c2c(n1)CCC2. The van der Waals surface area contributed by atoms with E-state index in [-0.39, 0.29) is 5.69 Å². The minimum atomic E-state index is -0.419. The Morgan fingerprint density at radius 3 is 2.85 bits per heavy atom. The van der Waals surface area contributed by atoms with Gasteiger partial charge in [0.15, 0.2) is 5.82 Å². The molecule has 0 unspecified atom stereocenters. The number of nitrogens with zero attached hydrogens (tertiary/aromatic N) is 3. The molecule has 20 heavy (non-hydrogen) atoms. The van der Waals surface area contributed by atoms with Gasteiger partial charge in [-0.1, -0.05) is 17.7 Å². The summed E-state index contributed by atoms with van der Waals surface area (Å²) in [7, 11) is 0. The largest absolute Gasteiger partial charge is 0.270 e. The highest BCUT2D eigenvalue weighted by Gasteiger charge is 2.20. The minimum Gasteiger partial charge on any atom is -0.258 e. The lowest BCUT2D eigenvalue weighted by molar-refractivity contribution is -0.384. The molecule has 0 N–H and O–H groups in total. The van der Waals surface area contributed by atoms with Gasteiger partial charge in [0.1, 0.15) is 5.15 Å². The summed E-state index contributed by atoms with van der Waals surface area (Å²) in [6.45, 7) is 1.88. The van der Waals surface area contributed by atoms with E-state index in [9.17, 15) is 10.1 Å². The number of hydrogen-bond donors (Lipinski definition) is 0. The number of nitro benzene ring substituents is 1. The number of aromatic nitrogens is 2. The Hall–Kier alpha value is -2.01. The number of aryl methyl sites for hydroxylation is 2. The van der Waals surface area contributed by atoms with E-state index in [4.69, 9.17) is 11.6 Å². The number of fused-ring (bicyclic) bond motifs is 1. The van der Waals surface area contributed by atoms with Gasteiger partial charge in [0.25, 0.3) is 5.69 Å². The fraction of sp³-hybridized carbons (Fsp3) is 0.286. The molecule has 1 aromatic carbocycles. The van der Waals surface area contributed by atoms with Crippen LogP contribution in [0.5, 0.6) is 0 Å². The topological polar surface area (TPSA) is 68.9 Å². The molecule has 1 aromatic heterocycles. The third kappa shape index (κ3) is 2.14. The Balaban J connectivity index is 2.16. The number of halogens is 1. The molecule has 0 saturated carbocycles. The van der Waals surface area contributed by atoms with Crippen LogP contribution >= 0.6 is 11.6 Å². The maximum absolute atomic E-state index is 10.9. The first kappa shape index (κ1) is 13.0. The predicted octanol–water partition coefficient (Wildman–Crippen LogP) is 3.50. The molecule has 0 amide bonds. The van der Waals surface area contributed by atoms with Gasteiger partial charge in [-0.15, -0.1) is 0 Å². The second-order valence-corrected chi connectivity index (χ2v) is 5.23. The summed E-state index contributed by atoms with van der Waals surface area (Å²) in [5.74, 6) is 0.469. The van der Waals surface area contributed by atoms with Gasteiger partial charge in [0, 0.05) is 29.0 Å². The highest BCUT2D eigenvalue weighted by Crippen LogP contribution is 2.31. The Morgan fingerprint density at radius 1 is 1.30 bits per heavy atom. The molecule has 6 heteroatoms. The maximum Gasteiger partial charge on any atom is 0.270 e. The van der Waals surface area contributed by atoms with Crippen molar-refractivity contribution in [1.29, 1.82) is 0 Å². The molecule has 102 valence electrons. The van der Waals surface area contributed by atoms with Crippen LogP contribution in [0.25, 0.3) is 11.4 Å². The van der Waals surface area contributed by atoms with Gasteiger partial charge >= 0.3 is 0 Å². The summed E-state index contributed by atoms with van der Waals surface area (Å²) in [6, 6.07) is 4.69. The van der Waals surface area contributed by atoms with Gasteiger partial charge in [-0.2, -0.15) is 0 Å². The lowest BCUT2D eigenvalue weighted by Crippen LogP contribution is -1.99. The summed E-state index contributed by atoms with van der Waals surface area (Å²) in [4.78, 5) is 19.3. The van der Waals surface area contributed by atoms with Crippen molar-refractivity contribution in [3.63, 3.8) is 0 Å². The van der Waals surface area contributed by atoms with Crippen LogP contribution in [-0.2, 0) is 12.8 Å². The molecule has 5 nitrogen and oxygen atoms in total. The monoisotopic (exact) mass is 289 g/mol. The standard InChI is InChI=1S/C14H12ClN3O2/c1-8-5-6-9(18(19)20)7-11(8)14-16-12-4-2-3-10(12)13(15)17-14/h5-7H,2-4H2,1H3. The molecule has 1 aliphatic rings. The first-order valence-electron chi connectivity index (χ1n) is 6.37. The van der Waals surface area contributed by atoms with Crippen molar-refractivity contribution in [1.82, 2.24) is 9.97 Å². The number of benzene rings is 1. The van der Waals surface area contributed by atoms with Crippen LogP contribution in [-0.4, -0.2) is 14.9 Å². The molecule has 2 aromatic rings. The second kappa shape index (κ2) is 4.83. The molecule has 0 spiro atoms. The van der Waals surface area contributed by atoms with E-state index in [1.807, 2.05) is 6.92 Å². The van der Waals surface area contributed by atoms with Crippen LogP contribution in [0.15, 0.2) is 18.2 Å². The average molecular weight is 290 g/mol. The van der Waals surface area contributed by atoms with Crippen molar-refractivity contribution in [2.45, 2.75) is 26.2 Å². The van der Waals surface area contributed by atoms with Crippen molar-refractivity contribution in [2.24, 2.45) is 0 Å². The van der Waals surface area contributed by atoms with Crippen LogP contribution in [0, 0.1) is 17.0 Å². The second-order valence-electron chi connectivity index (χ2n) is 4.87. The Bertz CT molecular complexity index is 716. The number of non-ortho nitro benzene ring substituents is 1. The van der Waals surface area contributed by atoms with Crippen LogP contribution in [0.2, 0.25) is 5.15 Å². The molecule has 1 aliphatic carbocycles. The molecule has 0 aliphatic heterocycles. The molecule has 0 radical (unpaired) electrons. The summed E-state index contributed by atoms with van der Waals surface area (Å²) < 4.78 is 0. The summed E-state index contributed by atoms with van der Waals surface area (Å²) in [5.41, 5.74) is 3.57. The zero-order chi connectivity index (χ0) is 14.3. The van der Waals surface area contributed by atoms with E-state index >= 15 is 0 Å². The van der Waals surface area contributed by atoms with Gasteiger partial charge in [-0.25, -0.2) is 9.97 Å². The fourth-order valence-electron chi connectivity index (χ4n) is 2.47. The van der Waals surface area contributed by atoms with E-state index in [0.717, 1.165) is 36.1 Å². The molecule has 0 fully saturated rings. The molecule has 1 heterocycles. The Morgan fingerprint density at radius 2 is 2.10 bits per heavy atom. The summed E-state index contributed by atoms with van der Waals surface area (Å²) >= 11 is 6.19. The van der Waals surface area contributed by atoms with Crippen LogP contribution in [0.1, 0.15) is 23.2 Å². The van der Waals surface area contributed by atoms with Gasteiger partial charge in [-0.3, -0.25) is 10.1 Å². The summed E-state index contributed by atoms with van der Waals surface area (Å²) in [6.07, 6.45) is 2.82. The van der Waals surface area contributed by atoms with E-state index in [2.05, 4.69) is 9.97 Å². The normalized spacial score (nSPS) is 13.3. The minimum absolute atomic E-state index is 0.0332. The third-order valence-corrected chi connectivity index (χ3v) is 3.87. The van der Waals surface area contributed by atoms with E-state index < -0.39 is 4.92 Å². The lowest BCUT2D eigenvalue weighted by Gasteiger charge is -2.08. The zero-order valence-corrected chi connectivity index (χ0v) is 11.6. The van der Waals surface area contributed by atoms with Crippen LogP contribution in [0.4, 0.5) is 5.69 Å². The van der Waals surface area contributed by atoms with Crippen molar-refractivity contribution >= 4 is 17.3 Å². The Labute approximate surface area is 120 Å². The van der Waals surface area contributed by atoms with E-state index in [1.165, 1.54) is 12.1 Å². The van der Waals surface area contributed by atoms with Crippen molar-refractivity contribution in [3.8, 4) is 11.4 Å². The molecular weight excluding hydrogens is 278 g/mol. The molecule has 3 rings (SSSR count). The molecular formula is C14H12ClN3O2. The zero-order valence-electron chi connectivity index (χ0n) is 10.9. The molecule has 0 bridgehead atoms. The highest BCUT2D eigenvalue weighted by atomic mass is 35.5. The van der Waals surface area contributed by atoms with Gasteiger partial charge < -0.3 is 0 Å². The van der Waals surface area contributed by atoms with Gasteiger partial charge in [0.2, 0.25) is 0 Å². The lowest BCUT2D eigenvalue weighted by atomic mass is 10.1. The molecule has 0 saturated heterocycles. The highest BCUT2D eigenvalue weighted by molar-refractivity contribution is 6.30. The smallest absolute Gasteiger partial charge is 0.258 e. The van der Waals surface area contributed by atoms with Crippen LogP contribution < -0.4 is 0 Å². The predicted molar refractivity (Wildman–Crippen MR) is 75.9 cm³/mol. The third-order valence-electron chi connectivity index (χ3n) is 3.56. The average Bonchev–Trinajstić information content (AvgIpc) is 2.87. The first-order valence-corrected chi connectivity index (χ1v) is 6.75. The van der Waals surface area contributed by atoms with Crippen molar-refractivity contribution < 1.29 is 4.92 Å². The van der Waals surface area contributed by atoms with E-state index in [0.29, 0.717) is 16.5 Å². The maximum atomic E-state index is 10.9. The first-order chi connectivity index (χ1) is 9.56. The number of rotatable bonds is 2. The Kier molecular flexibility index (Phi) is 3.14. The summed E-state index contributed by atoms with van der Waals surface area (Å²) in [5, 5.41) is 11.4. The van der Waals surface area contributed by atoms with Gasteiger partial charge in [-0.05, 0) is 31.7 Å². The van der Waals surface area contributed by atoms with Gasteiger partial charge in [0.05, 0.1) is 4.92 Å². The number of hydrogen-bond acceptors (Lipinski definition) is 4. The quantitative estimate of drug-likeness (QED) is 0.482. The molecule has 0 atom stereocenters. The van der Waals surface area contributed by atoms with Crippen molar-refractivity contribution in [3.05, 3.63) is 50.3 Å². The number of nitro groups is 1. The van der Waals surface area contributed by atoms with E-state index in [1.54, 1.807) is 6.07 Å². The fourth-order valence-corrected chi connectivity index (χ4v) is 2.76. The van der Waals surface area contributed by atoms with Crippen LogP contribution in [0.3, 0.4) is 0 Å². The van der Waals surface area contributed by atoms with Crippen molar-refractivity contribution in [2.75, 3.05) is 0 Å².